The number of hydrogen-bond acceptors (Lipinski definition) is 3. The molecule has 0 saturated heterocycles. The topological polar surface area (TPSA) is 72.5 Å². The molecule has 1 heterocycles. The fourth-order valence-corrected chi connectivity index (χ4v) is 3.75. The van der Waals surface area contributed by atoms with Crippen LogP contribution in [0.25, 0.3) is 0 Å². The van der Waals surface area contributed by atoms with E-state index in [1.165, 1.54) is 2.37 Å². The molecule has 1 unspecified atom stereocenters. The summed E-state index contributed by atoms with van der Waals surface area (Å²) in [5.74, 6) is -0.856. The fourth-order valence-electron chi connectivity index (χ4n) is 2.89. The van der Waals surface area contributed by atoms with Crippen LogP contribution in [0.5, 0.6) is 11.5 Å². The van der Waals surface area contributed by atoms with E-state index in [4.69, 9.17) is 22.1 Å². The van der Waals surface area contributed by atoms with Crippen LogP contribution in [0.1, 0.15) is 23.0 Å². The first-order valence-corrected chi connectivity index (χ1v) is 8.60. The van der Waals surface area contributed by atoms with Crippen LogP contribution in [-0.2, 0) is 35.7 Å². The van der Waals surface area contributed by atoms with E-state index in [0.29, 0.717) is 22.1 Å². The van der Waals surface area contributed by atoms with Crippen molar-refractivity contribution in [3.63, 3.8) is 0 Å². The zero-order valence-corrected chi connectivity index (χ0v) is 15.2. The van der Waals surface area contributed by atoms with Crippen molar-refractivity contribution in [1.82, 2.24) is 0 Å². The molecule has 0 amide bonds. The van der Waals surface area contributed by atoms with Crippen LogP contribution in [0, 0.1) is 0 Å². The van der Waals surface area contributed by atoms with Crippen LogP contribution < -0.4 is 12.8 Å². The van der Waals surface area contributed by atoms with Crippen LogP contribution >= 0.6 is 11.6 Å². The van der Waals surface area contributed by atoms with E-state index in [-0.39, 0.29) is 12.5 Å². The monoisotopic (exact) mass is 391 g/mol. The van der Waals surface area contributed by atoms with Crippen molar-refractivity contribution in [2.75, 3.05) is 6.54 Å². The van der Waals surface area contributed by atoms with Gasteiger partial charge in [-0.1, -0.05) is 0 Å². The number of fused-ring (bicyclic) bond motifs is 2. The Hall–Kier alpha value is -0.936. The Labute approximate surface area is 153 Å². The van der Waals surface area contributed by atoms with Gasteiger partial charge in [0.25, 0.3) is 0 Å². The molecule has 4 nitrogen and oxygen atoms in total. The van der Waals surface area contributed by atoms with Gasteiger partial charge in [0.15, 0.2) is 0 Å². The van der Waals surface area contributed by atoms with E-state index in [1.807, 2.05) is 18.2 Å². The fraction of sp³-hybridized carbons (Fsp3) is 0.188. The Kier molecular flexibility index (Phi) is 4.55. The van der Waals surface area contributed by atoms with Gasteiger partial charge in [-0.3, -0.25) is 0 Å². The second kappa shape index (κ2) is 6.28. The number of benzene rings is 2. The molecule has 3 N–H and O–H groups in total. The summed E-state index contributed by atoms with van der Waals surface area (Å²) in [6.07, 6.45) is 0. The summed E-state index contributed by atoms with van der Waals surface area (Å²) in [4.78, 5) is 11.9. The van der Waals surface area contributed by atoms with Gasteiger partial charge in [0, 0.05) is 0 Å². The van der Waals surface area contributed by atoms with E-state index in [2.05, 4.69) is 0 Å². The molecule has 22 heavy (non-hydrogen) atoms. The standard InChI is InChI=1S/C16H13ClNO3.Y/c17-9-5-6-14-11(7-9)15(16(19)20)12(8-18)10-3-1-2-4-13(10)21-14;/h2-7,12,15H,8,18H2,(H,19,20);/t12-,15?;/m1./s1. The summed E-state index contributed by atoms with van der Waals surface area (Å²) < 4.78 is 7.13. The number of carboxylic acids is 1. The van der Waals surface area contributed by atoms with E-state index in [0.717, 1.165) is 36.5 Å². The van der Waals surface area contributed by atoms with Gasteiger partial charge < -0.3 is 0 Å². The molecule has 1 aliphatic rings. The third-order valence-electron chi connectivity index (χ3n) is 3.88. The average Bonchev–Trinajstić information content (AvgIpc) is 2.60. The first-order chi connectivity index (χ1) is 10.5. The second-order valence-corrected chi connectivity index (χ2v) is 7.31. The minimum atomic E-state index is -0.923. The molecule has 0 bridgehead atoms. The Morgan fingerprint density at radius 3 is 2.59 bits per heavy atom. The summed E-state index contributed by atoms with van der Waals surface area (Å²) in [5.41, 5.74) is 7.34. The van der Waals surface area contributed by atoms with Crippen LogP contribution in [0.3, 0.4) is 0 Å². The molecule has 2 aromatic rings. The molecule has 2 atom stereocenters. The molecule has 6 heteroatoms. The van der Waals surface area contributed by atoms with Crippen LogP contribution in [0.2, 0.25) is 5.02 Å². The van der Waals surface area contributed by atoms with Gasteiger partial charge >= 0.3 is 154 Å². The number of halogens is 1. The van der Waals surface area contributed by atoms with Crippen LogP contribution in [0.4, 0.5) is 0 Å². The molecule has 3 rings (SSSR count). The maximum absolute atomic E-state index is 11.9. The van der Waals surface area contributed by atoms with Crippen molar-refractivity contribution in [2.24, 2.45) is 5.73 Å². The minimum absolute atomic E-state index is 0.225. The zero-order chi connectivity index (χ0) is 15.9. The summed E-state index contributed by atoms with van der Waals surface area (Å²) in [5, 5.41) is 10.2. The van der Waals surface area contributed by atoms with Gasteiger partial charge in [0.1, 0.15) is 0 Å². The molecule has 0 spiro atoms. The molecule has 0 saturated carbocycles. The average molecular weight is 392 g/mol. The zero-order valence-electron chi connectivity index (χ0n) is 11.6. The number of ether oxygens (including phenoxy) is 1. The maximum atomic E-state index is 11.9. The Morgan fingerprint density at radius 2 is 1.91 bits per heavy atom. The summed E-state index contributed by atoms with van der Waals surface area (Å²) in [6, 6.07) is 10.9. The quantitative estimate of drug-likeness (QED) is 0.825. The summed E-state index contributed by atoms with van der Waals surface area (Å²) in [6.45, 7) is 0.225. The number of carboxylic acid groups (broad SMARTS) is 1. The summed E-state index contributed by atoms with van der Waals surface area (Å²) in [7, 11) is 0. The number of hydrogen-bond donors (Lipinski definition) is 2. The first-order valence-electron chi connectivity index (χ1n) is 6.81. The number of nitrogens with two attached hydrogens (primary N) is 1. The van der Waals surface area contributed by atoms with Crippen molar-refractivity contribution in [2.45, 2.75) is 11.8 Å². The SMILES string of the molecule is NC[C@@H]1c2c[c]([Y])ccc2Oc2ccc(Cl)cc2C1C(=O)O. The third-order valence-corrected chi connectivity index (χ3v) is 5.00. The van der Waals surface area contributed by atoms with Crippen molar-refractivity contribution in [3.05, 3.63) is 52.5 Å². The van der Waals surface area contributed by atoms with E-state index >= 15 is 0 Å². The molecule has 0 radical (unpaired) electrons. The second-order valence-electron chi connectivity index (χ2n) is 5.24. The number of aliphatic carboxylic acids is 1. The van der Waals surface area contributed by atoms with Gasteiger partial charge in [-0.05, 0) is 0 Å². The van der Waals surface area contributed by atoms with Gasteiger partial charge in [-0.2, -0.15) is 0 Å². The van der Waals surface area contributed by atoms with E-state index in [9.17, 15) is 9.90 Å². The molecular formula is C16H13ClNO3Y. The predicted molar refractivity (Wildman–Crippen MR) is 79.8 cm³/mol. The number of rotatable bonds is 2. The first kappa shape index (κ1) is 15.9. The van der Waals surface area contributed by atoms with Gasteiger partial charge in [-0.25, -0.2) is 0 Å². The van der Waals surface area contributed by atoms with Crippen LogP contribution in [0.15, 0.2) is 36.4 Å². The van der Waals surface area contributed by atoms with Crippen molar-refractivity contribution < 1.29 is 45.6 Å². The van der Waals surface area contributed by atoms with Crippen molar-refractivity contribution in [3.8, 4) is 11.5 Å². The molecular weight excluding hydrogens is 379 g/mol. The molecule has 0 aromatic heterocycles. The van der Waals surface area contributed by atoms with Crippen LogP contribution in [-0.4, -0.2) is 17.6 Å². The van der Waals surface area contributed by atoms with E-state index in [1.54, 1.807) is 18.2 Å². The third kappa shape index (κ3) is 2.81. The molecule has 110 valence electrons. The molecule has 2 aromatic carbocycles. The van der Waals surface area contributed by atoms with Crippen molar-refractivity contribution >= 4 is 19.9 Å². The van der Waals surface area contributed by atoms with Gasteiger partial charge in [0.05, 0.1) is 0 Å². The normalized spacial score (nSPS) is 19.5. The predicted octanol–water partition coefficient (Wildman–Crippen LogP) is 2.53. The van der Waals surface area contributed by atoms with E-state index < -0.39 is 11.9 Å². The Morgan fingerprint density at radius 1 is 1.23 bits per heavy atom. The van der Waals surface area contributed by atoms with Gasteiger partial charge in [0.2, 0.25) is 0 Å². The molecule has 1 aliphatic heterocycles. The summed E-state index contributed by atoms with van der Waals surface area (Å²) >= 11 is 7.00. The van der Waals surface area contributed by atoms with Crippen molar-refractivity contribution in [1.29, 1.82) is 0 Å². The molecule has 0 aliphatic carbocycles. The Balaban J connectivity index is 2.27. The molecule has 0 fully saturated rings. The Bertz CT molecular complexity index is 750. The number of carbonyl (C=O) groups is 1. The van der Waals surface area contributed by atoms with Gasteiger partial charge in [-0.15, -0.1) is 0 Å².